The Bertz CT molecular complexity index is 837. The number of hydrogen-bond acceptors (Lipinski definition) is 7. The second-order valence-electron chi connectivity index (χ2n) is 5.43. The number of nitro benzene ring substituents is 1. The van der Waals surface area contributed by atoms with Crippen LogP contribution in [0.3, 0.4) is 0 Å². The number of thioether (sulfide) groups is 2. The Labute approximate surface area is 152 Å². The van der Waals surface area contributed by atoms with Gasteiger partial charge in [0, 0.05) is 37.2 Å². The standard InChI is InChI=1S/C16H17N3O4S2/c1-23-8-7-18-15(20)14-13(6-9-24-14)17-16(18)25-10-11-2-4-12(5-3-11)19(21)22/h2-5H,6-10H2,1H3. The van der Waals surface area contributed by atoms with Gasteiger partial charge in [-0.3, -0.25) is 19.5 Å². The van der Waals surface area contributed by atoms with E-state index in [1.54, 1.807) is 35.6 Å². The molecule has 7 nitrogen and oxygen atoms in total. The van der Waals surface area contributed by atoms with Crippen LogP contribution in [0.2, 0.25) is 0 Å². The summed E-state index contributed by atoms with van der Waals surface area (Å²) in [4.78, 5) is 28.4. The second-order valence-corrected chi connectivity index (χ2v) is 7.48. The molecule has 0 saturated heterocycles. The van der Waals surface area contributed by atoms with Gasteiger partial charge in [-0.25, -0.2) is 4.98 Å². The molecule has 1 aromatic heterocycles. The summed E-state index contributed by atoms with van der Waals surface area (Å²) in [5.74, 6) is 1.47. The minimum atomic E-state index is -0.418. The first-order valence-corrected chi connectivity index (χ1v) is 9.69. The average molecular weight is 379 g/mol. The van der Waals surface area contributed by atoms with Crippen molar-refractivity contribution in [3.63, 3.8) is 0 Å². The topological polar surface area (TPSA) is 87.3 Å². The molecule has 25 heavy (non-hydrogen) atoms. The molecule has 0 N–H and O–H groups in total. The fourth-order valence-electron chi connectivity index (χ4n) is 2.48. The van der Waals surface area contributed by atoms with Crippen LogP contribution in [0.4, 0.5) is 5.69 Å². The average Bonchev–Trinajstić information content (AvgIpc) is 3.08. The lowest BCUT2D eigenvalue weighted by atomic mass is 10.2. The van der Waals surface area contributed by atoms with E-state index in [4.69, 9.17) is 4.74 Å². The molecule has 1 aliphatic heterocycles. The Morgan fingerprint density at radius 2 is 2.16 bits per heavy atom. The molecule has 0 saturated carbocycles. The lowest BCUT2D eigenvalue weighted by Crippen LogP contribution is -2.27. The summed E-state index contributed by atoms with van der Waals surface area (Å²) in [7, 11) is 1.60. The number of benzene rings is 1. The Morgan fingerprint density at radius 3 is 2.84 bits per heavy atom. The summed E-state index contributed by atoms with van der Waals surface area (Å²) < 4.78 is 6.77. The van der Waals surface area contributed by atoms with Gasteiger partial charge in [-0.1, -0.05) is 23.9 Å². The zero-order valence-corrected chi connectivity index (χ0v) is 15.3. The molecule has 0 spiro atoms. The van der Waals surface area contributed by atoms with Gasteiger partial charge in [0.25, 0.3) is 11.2 Å². The molecular weight excluding hydrogens is 362 g/mol. The van der Waals surface area contributed by atoms with E-state index in [0.29, 0.717) is 24.1 Å². The number of nitrogens with zero attached hydrogens (tertiary/aromatic N) is 3. The van der Waals surface area contributed by atoms with Gasteiger partial charge in [-0.05, 0) is 5.56 Å². The molecule has 132 valence electrons. The lowest BCUT2D eigenvalue weighted by molar-refractivity contribution is -0.384. The molecule has 2 aromatic rings. The Kier molecular flexibility index (Phi) is 5.77. The first-order chi connectivity index (χ1) is 12.1. The zero-order chi connectivity index (χ0) is 17.8. The number of aryl methyl sites for hydroxylation is 1. The number of nitro groups is 1. The fourth-order valence-corrected chi connectivity index (χ4v) is 4.52. The van der Waals surface area contributed by atoms with Gasteiger partial charge in [0.1, 0.15) is 0 Å². The van der Waals surface area contributed by atoms with Gasteiger partial charge < -0.3 is 4.74 Å². The molecule has 3 rings (SSSR count). The number of non-ortho nitro benzene ring substituents is 1. The molecule has 0 fully saturated rings. The van der Waals surface area contributed by atoms with E-state index in [9.17, 15) is 14.9 Å². The summed E-state index contributed by atoms with van der Waals surface area (Å²) in [5.41, 5.74) is 1.88. The summed E-state index contributed by atoms with van der Waals surface area (Å²) in [6.07, 6.45) is 0.811. The van der Waals surface area contributed by atoms with E-state index in [-0.39, 0.29) is 11.2 Å². The van der Waals surface area contributed by atoms with E-state index in [0.717, 1.165) is 28.3 Å². The molecule has 0 aliphatic carbocycles. The van der Waals surface area contributed by atoms with Crippen molar-refractivity contribution >= 4 is 29.2 Å². The third-order valence-corrected chi connectivity index (χ3v) is 5.94. The maximum Gasteiger partial charge on any atom is 0.269 e. The first-order valence-electron chi connectivity index (χ1n) is 7.71. The van der Waals surface area contributed by atoms with E-state index < -0.39 is 4.92 Å². The fraction of sp³-hybridized carbons (Fsp3) is 0.375. The number of ether oxygens (including phenoxy) is 1. The summed E-state index contributed by atoms with van der Waals surface area (Å²) in [6.45, 7) is 0.898. The summed E-state index contributed by atoms with van der Waals surface area (Å²) in [5, 5.41) is 11.4. The molecule has 9 heteroatoms. The lowest BCUT2D eigenvalue weighted by Gasteiger charge is -2.13. The Balaban J connectivity index is 1.82. The normalized spacial score (nSPS) is 13.0. The zero-order valence-electron chi connectivity index (χ0n) is 13.6. The SMILES string of the molecule is COCCn1c(SCc2ccc([N+](=O)[O-])cc2)nc2c(c1=O)SCC2. The predicted octanol–water partition coefficient (Wildman–Crippen LogP) is 2.74. The van der Waals surface area contributed by atoms with Crippen LogP contribution in [-0.2, 0) is 23.5 Å². The number of fused-ring (bicyclic) bond motifs is 1. The molecule has 0 radical (unpaired) electrons. The van der Waals surface area contributed by atoms with Crippen LogP contribution in [0, 0.1) is 10.1 Å². The minimum absolute atomic E-state index is 0.00394. The molecule has 1 aromatic carbocycles. The quantitative estimate of drug-likeness (QED) is 0.316. The highest BCUT2D eigenvalue weighted by molar-refractivity contribution is 7.99. The van der Waals surface area contributed by atoms with Crippen molar-refractivity contribution in [3.8, 4) is 0 Å². The van der Waals surface area contributed by atoms with Crippen molar-refractivity contribution in [2.24, 2.45) is 0 Å². The Morgan fingerprint density at radius 1 is 1.40 bits per heavy atom. The van der Waals surface area contributed by atoms with Crippen LogP contribution in [0.1, 0.15) is 11.3 Å². The number of rotatable bonds is 7. The van der Waals surface area contributed by atoms with Crippen molar-refractivity contribution in [3.05, 3.63) is 56.0 Å². The molecule has 1 aliphatic rings. The van der Waals surface area contributed by atoms with Crippen molar-refractivity contribution in [1.82, 2.24) is 9.55 Å². The number of methoxy groups -OCH3 is 1. The molecule has 0 unspecified atom stereocenters. The molecule has 0 bridgehead atoms. The van der Waals surface area contributed by atoms with Crippen molar-refractivity contribution < 1.29 is 9.66 Å². The molecule has 2 heterocycles. The molecular formula is C16H17N3O4S2. The van der Waals surface area contributed by atoms with E-state index in [1.165, 1.54) is 23.9 Å². The van der Waals surface area contributed by atoms with Crippen LogP contribution in [0.5, 0.6) is 0 Å². The highest BCUT2D eigenvalue weighted by Gasteiger charge is 2.21. The Hall–Kier alpha value is -1.84. The van der Waals surface area contributed by atoms with Crippen molar-refractivity contribution in [2.45, 2.75) is 28.8 Å². The first kappa shape index (κ1) is 18.0. The van der Waals surface area contributed by atoms with E-state index in [1.807, 2.05) is 0 Å². The van der Waals surface area contributed by atoms with Crippen molar-refractivity contribution in [1.29, 1.82) is 0 Å². The van der Waals surface area contributed by atoms with Crippen LogP contribution >= 0.6 is 23.5 Å². The third-order valence-electron chi connectivity index (χ3n) is 3.78. The van der Waals surface area contributed by atoms with Crippen LogP contribution < -0.4 is 5.56 Å². The van der Waals surface area contributed by atoms with E-state index >= 15 is 0 Å². The number of aromatic nitrogens is 2. The predicted molar refractivity (Wildman–Crippen MR) is 97.5 cm³/mol. The maximum absolute atomic E-state index is 12.7. The number of hydrogen-bond donors (Lipinski definition) is 0. The van der Waals surface area contributed by atoms with Gasteiger partial charge in [0.05, 0.1) is 28.7 Å². The van der Waals surface area contributed by atoms with Crippen molar-refractivity contribution in [2.75, 3.05) is 19.5 Å². The van der Waals surface area contributed by atoms with Gasteiger partial charge in [0.15, 0.2) is 5.16 Å². The van der Waals surface area contributed by atoms with Gasteiger partial charge in [0.2, 0.25) is 0 Å². The van der Waals surface area contributed by atoms with Crippen LogP contribution in [0.15, 0.2) is 39.1 Å². The van der Waals surface area contributed by atoms with E-state index in [2.05, 4.69) is 4.98 Å². The maximum atomic E-state index is 12.7. The molecule has 0 amide bonds. The van der Waals surface area contributed by atoms with Gasteiger partial charge >= 0.3 is 0 Å². The largest absolute Gasteiger partial charge is 0.383 e. The van der Waals surface area contributed by atoms with Gasteiger partial charge in [-0.15, -0.1) is 11.8 Å². The van der Waals surface area contributed by atoms with Crippen LogP contribution in [-0.4, -0.2) is 33.9 Å². The van der Waals surface area contributed by atoms with Gasteiger partial charge in [-0.2, -0.15) is 0 Å². The van der Waals surface area contributed by atoms with Crippen LogP contribution in [0.25, 0.3) is 0 Å². The summed E-state index contributed by atoms with van der Waals surface area (Å²) in [6, 6.07) is 6.43. The highest BCUT2D eigenvalue weighted by Crippen LogP contribution is 2.29. The third kappa shape index (κ3) is 4.05. The summed E-state index contributed by atoms with van der Waals surface area (Å²) >= 11 is 3.02. The highest BCUT2D eigenvalue weighted by atomic mass is 32.2. The minimum Gasteiger partial charge on any atom is -0.383 e. The smallest absolute Gasteiger partial charge is 0.269 e. The molecule has 0 atom stereocenters. The monoisotopic (exact) mass is 379 g/mol. The second kappa shape index (κ2) is 8.03.